The summed E-state index contributed by atoms with van der Waals surface area (Å²) in [5, 5.41) is 4.30. The molecule has 0 radical (unpaired) electrons. The van der Waals surface area contributed by atoms with Crippen LogP contribution in [0.4, 0.5) is 0 Å². The van der Waals surface area contributed by atoms with E-state index in [0.717, 1.165) is 11.4 Å². The monoisotopic (exact) mass is 255 g/mol. The minimum Gasteiger partial charge on any atom is -0.331 e. The molecule has 0 atom stereocenters. The second-order valence-corrected chi connectivity index (χ2v) is 4.25. The average molecular weight is 255 g/mol. The Balaban J connectivity index is 2.30. The Bertz CT molecular complexity index is 788. The second kappa shape index (κ2) is 4.33. The summed E-state index contributed by atoms with van der Waals surface area (Å²) in [4.78, 5) is 16.2. The minimum absolute atomic E-state index is 0.185. The van der Waals surface area contributed by atoms with Gasteiger partial charge in [-0.2, -0.15) is 9.61 Å². The minimum atomic E-state index is -0.185. The summed E-state index contributed by atoms with van der Waals surface area (Å²) in [5.41, 5.74) is 8.32. The highest BCUT2D eigenvalue weighted by atomic mass is 16.1. The fourth-order valence-corrected chi connectivity index (χ4v) is 2.06. The van der Waals surface area contributed by atoms with Crippen LogP contribution in [0.2, 0.25) is 0 Å². The summed E-state index contributed by atoms with van der Waals surface area (Å²) in [5.74, 6) is 0. The fraction of sp³-hybridized carbons (Fsp3) is 0.154. The molecule has 6 heteroatoms. The molecule has 0 aliphatic carbocycles. The molecule has 3 aromatic rings. The largest absolute Gasteiger partial charge is 0.331 e. The van der Waals surface area contributed by atoms with E-state index in [2.05, 4.69) is 10.1 Å². The molecule has 0 saturated carbocycles. The Kier molecular flexibility index (Phi) is 2.64. The second-order valence-electron chi connectivity index (χ2n) is 4.25. The van der Waals surface area contributed by atoms with Crippen molar-refractivity contribution in [1.29, 1.82) is 0 Å². The molecule has 0 amide bonds. The lowest BCUT2D eigenvalue weighted by atomic mass is 10.3. The third-order valence-electron chi connectivity index (χ3n) is 3.10. The van der Waals surface area contributed by atoms with Crippen molar-refractivity contribution in [3.8, 4) is 11.4 Å². The summed E-state index contributed by atoms with van der Waals surface area (Å²) in [6.45, 7) is 0.312. The Hall–Kier alpha value is -2.47. The molecule has 3 aromatic heterocycles. The summed E-state index contributed by atoms with van der Waals surface area (Å²) >= 11 is 0. The van der Waals surface area contributed by atoms with Crippen molar-refractivity contribution in [3.05, 3.63) is 52.6 Å². The number of aryl methyl sites for hydroxylation is 1. The van der Waals surface area contributed by atoms with Gasteiger partial charge in [0.05, 0.1) is 5.69 Å². The van der Waals surface area contributed by atoms with Crippen molar-refractivity contribution < 1.29 is 0 Å². The molecular weight excluding hydrogens is 242 g/mol. The molecule has 0 spiro atoms. The van der Waals surface area contributed by atoms with Crippen LogP contribution in [0.1, 0.15) is 5.69 Å². The van der Waals surface area contributed by atoms with Gasteiger partial charge in [0.2, 0.25) is 0 Å². The van der Waals surface area contributed by atoms with Gasteiger partial charge in [-0.3, -0.25) is 9.78 Å². The first-order chi connectivity index (χ1) is 9.20. The molecular formula is C13H13N5O. The first-order valence-electron chi connectivity index (χ1n) is 5.91. The van der Waals surface area contributed by atoms with E-state index in [1.54, 1.807) is 6.20 Å². The summed E-state index contributed by atoms with van der Waals surface area (Å²) in [7, 11) is 1.86. The maximum atomic E-state index is 12.0. The maximum Gasteiger partial charge on any atom is 0.274 e. The number of rotatable bonds is 2. The zero-order valence-electron chi connectivity index (χ0n) is 10.4. The molecule has 6 nitrogen and oxygen atoms in total. The molecule has 0 unspecified atom stereocenters. The Morgan fingerprint density at radius 3 is 2.79 bits per heavy atom. The SMILES string of the molecule is Cn1c(CN)cc(=O)n2nc(-c3ccccn3)cc12. The van der Waals surface area contributed by atoms with Crippen molar-refractivity contribution in [3.63, 3.8) is 0 Å². The van der Waals surface area contributed by atoms with Gasteiger partial charge in [-0.25, -0.2) is 0 Å². The predicted octanol–water partition coefficient (Wildman–Crippen LogP) is 0.554. The van der Waals surface area contributed by atoms with Gasteiger partial charge in [0.15, 0.2) is 0 Å². The van der Waals surface area contributed by atoms with Crippen LogP contribution in [0.3, 0.4) is 0 Å². The number of pyridine rings is 1. The summed E-state index contributed by atoms with van der Waals surface area (Å²) < 4.78 is 3.23. The fourth-order valence-electron chi connectivity index (χ4n) is 2.06. The van der Waals surface area contributed by atoms with Crippen LogP contribution in [0.5, 0.6) is 0 Å². The number of hydrogen-bond donors (Lipinski definition) is 1. The summed E-state index contributed by atoms with van der Waals surface area (Å²) in [6, 6.07) is 8.92. The molecule has 0 fully saturated rings. The average Bonchev–Trinajstić information content (AvgIpc) is 2.90. The predicted molar refractivity (Wildman–Crippen MR) is 71.6 cm³/mol. The molecule has 3 heterocycles. The van der Waals surface area contributed by atoms with Crippen molar-refractivity contribution in [2.75, 3.05) is 0 Å². The molecule has 0 saturated heterocycles. The Morgan fingerprint density at radius 1 is 1.26 bits per heavy atom. The van der Waals surface area contributed by atoms with E-state index < -0.39 is 0 Å². The Labute approximate surface area is 109 Å². The van der Waals surface area contributed by atoms with E-state index in [4.69, 9.17) is 5.73 Å². The molecule has 96 valence electrons. The van der Waals surface area contributed by atoms with Crippen molar-refractivity contribution in [2.45, 2.75) is 6.54 Å². The van der Waals surface area contributed by atoms with Crippen LogP contribution in [-0.4, -0.2) is 19.2 Å². The highest BCUT2D eigenvalue weighted by Crippen LogP contribution is 2.16. The van der Waals surface area contributed by atoms with E-state index in [1.165, 1.54) is 10.6 Å². The lowest BCUT2D eigenvalue weighted by Crippen LogP contribution is -2.21. The number of hydrogen-bond acceptors (Lipinski definition) is 4. The van der Waals surface area contributed by atoms with Gasteiger partial charge in [-0.05, 0) is 12.1 Å². The third-order valence-corrected chi connectivity index (χ3v) is 3.10. The van der Waals surface area contributed by atoms with Crippen LogP contribution in [-0.2, 0) is 13.6 Å². The lowest BCUT2D eigenvalue weighted by molar-refractivity contribution is 0.766. The van der Waals surface area contributed by atoms with Gasteiger partial charge >= 0.3 is 0 Å². The number of aromatic nitrogens is 4. The smallest absolute Gasteiger partial charge is 0.274 e. The van der Waals surface area contributed by atoms with Crippen LogP contribution in [0.25, 0.3) is 17.0 Å². The topological polar surface area (TPSA) is 78.2 Å². The van der Waals surface area contributed by atoms with Crippen molar-refractivity contribution >= 4 is 5.65 Å². The van der Waals surface area contributed by atoms with E-state index in [1.807, 2.05) is 35.9 Å². The van der Waals surface area contributed by atoms with Gasteiger partial charge in [-0.1, -0.05) is 6.07 Å². The van der Waals surface area contributed by atoms with E-state index >= 15 is 0 Å². The standard InChI is InChI=1S/C13H13N5O/c1-17-9(8-14)6-13(19)18-12(17)7-11(16-18)10-4-2-3-5-15-10/h2-7H,8,14H2,1H3. The van der Waals surface area contributed by atoms with Crippen molar-refractivity contribution in [1.82, 2.24) is 19.2 Å². The molecule has 0 aliphatic heterocycles. The quantitative estimate of drug-likeness (QED) is 0.725. The van der Waals surface area contributed by atoms with Crippen LogP contribution in [0, 0.1) is 0 Å². The Morgan fingerprint density at radius 2 is 2.11 bits per heavy atom. The normalized spacial score (nSPS) is 11.1. The van der Waals surface area contributed by atoms with E-state index in [-0.39, 0.29) is 5.56 Å². The van der Waals surface area contributed by atoms with Gasteiger partial charge in [-0.15, -0.1) is 0 Å². The number of nitrogens with zero attached hydrogens (tertiary/aromatic N) is 4. The molecule has 2 N–H and O–H groups in total. The first-order valence-corrected chi connectivity index (χ1v) is 5.91. The molecule has 0 bridgehead atoms. The van der Waals surface area contributed by atoms with Crippen molar-refractivity contribution in [2.24, 2.45) is 12.8 Å². The zero-order valence-corrected chi connectivity index (χ0v) is 10.4. The first kappa shape index (κ1) is 11.6. The van der Waals surface area contributed by atoms with E-state index in [0.29, 0.717) is 17.9 Å². The molecule has 0 aliphatic rings. The maximum absolute atomic E-state index is 12.0. The van der Waals surface area contributed by atoms with E-state index in [9.17, 15) is 4.79 Å². The van der Waals surface area contributed by atoms with Gasteiger partial charge in [0, 0.05) is 37.6 Å². The molecule has 0 aromatic carbocycles. The highest BCUT2D eigenvalue weighted by molar-refractivity contribution is 5.60. The zero-order chi connectivity index (χ0) is 13.4. The van der Waals surface area contributed by atoms with Crippen LogP contribution in [0.15, 0.2) is 41.3 Å². The molecule has 3 rings (SSSR count). The lowest BCUT2D eigenvalue weighted by Gasteiger charge is -2.07. The summed E-state index contributed by atoms with van der Waals surface area (Å²) in [6.07, 6.45) is 1.70. The van der Waals surface area contributed by atoms with Crippen LogP contribution >= 0.6 is 0 Å². The third kappa shape index (κ3) is 1.82. The number of nitrogens with two attached hydrogens (primary N) is 1. The number of fused-ring (bicyclic) bond motifs is 1. The highest BCUT2D eigenvalue weighted by Gasteiger charge is 2.11. The van der Waals surface area contributed by atoms with Gasteiger partial charge < -0.3 is 10.3 Å². The van der Waals surface area contributed by atoms with Crippen LogP contribution < -0.4 is 11.3 Å². The van der Waals surface area contributed by atoms with Gasteiger partial charge in [0.25, 0.3) is 5.56 Å². The molecule has 19 heavy (non-hydrogen) atoms. The van der Waals surface area contributed by atoms with Gasteiger partial charge in [0.1, 0.15) is 11.3 Å².